The average Bonchev–Trinajstić information content (AvgIpc) is 2.83. The Kier molecular flexibility index (Phi) is 3.80. The fourth-order valence-corrected chi connectivity index (χ4v) is 2.78. The second-order valence-electron chi connectivity index (χ2n) is 5.52. The predicted molar refractivity (Wildman–Crippen MR) is 81.8 cm³/mol. The Morgan fingerprint density at radius 3 is 2.39 bits per heavy atom. The van der Waals surface area contributed by atoms with Crippen molar-refractivity contribution in [1.29, 1.82) is 0 Å². The average molecular weight is 317 g/mol. The molecule has 1 aliphatic heterocycles. The molecule has 3 rings (SSSR count). The lowest BCUT2D eigenvalue weighted by atomic mass is 9.96. The van der Waals surface area contributed by atoms with Gasteiger partial charge in [-0.25, -0.2) is 0 Å². The molecule has 1 heterocycles. The Morgan fingerprint density at radius 2 is 1.74 bits per heavy atom. The third-order valence-corrected chi connectivity index (χ3v) is 3.97. The van der Waals surface area contributed by atoms with E-state index < -0.39 is 11.7 Å². The van der Waals surface area contributed by atoms with Crippen LogP contribution in [0.4, 0.5) is 13.2 Å². The molecule has 0 saturated carbocycles. The molecular weight excluding hydrogens is 303 g/mol. The minimum atomic E-state index is -4.40. The Hall–Kier alpha value is -2.43. The fourth-order valence-electron chi connectivity index (χ4n) is 2.78. The summed E-state index contributed by atoms with van der Waals surface area (Å²) in [5.41, 5.74) is 2.41. The van der Waals surface area contributed by atoms with E-state index in [0.29, 0.717) is 0 Å². The Labute approximate surface area is 131 Å². The van der Waals surface area contributed by atoms with E-state index in [0.717, 1.165) is 29.0 Å². The summed E-state index contributed by atoms with van der Waals surface area (Å²) in [5.74, 6) is -0.211. The number of hydrogen-bond acceptors (Lipinski definition) is 2. The standard InChI is InChI=1S/C18H14F3NO/c1-11-14-4-2-3-5-15(14)16(22-11)10-17(23)12-6-8-13(9-7-12)18(19,20)21/h2-9,16H,10H2,1H3. The van der Waals surface area contributed by atoms with Crippen LogP contribution < -0.4 is 0 Å². The molecule has 0 aromatic heterocycles. The van der Waals surface area contributed by atoms with E-state index in [4.69, 9.17) is 0 Å². The molecule has 0 spiro atoms. The van der Waals surface area contributed by atoms with Crippen molar-refractivity contribution in [2.45, 2.75) is 25.6 Å². The molecule has 23 heavy (non-hydrogen) atoms. The molecule has 0 N–H and O–H groups in total. The molecule has 1 unspecified atom stereocenters. The minimum Gasteiger partial charge on any atom is -0.294 e. The number of hydrogen-bond donors (Lipinski definition) is 0. The van der Waals surface area contributed by atoms with Gasteiger partial charge in [0.25, 0.3) is 0 Å². The van der Waals surface area contributed by atoms with Gasteiger partial charge >= 0.3 is 6.18 Å². The number of aliphatic imine (C=N–C) groups is 1. The molecule has 118 valence electrons. The van der Waals surface area contributed by atoms with Crippen LogP contribution in [0.3, 0.4) is 0 Å². The van der Waals surface area contributed by atoms with Gasteiger partial charge < -0.3 is 0 Å². The number of fused-ring (bicyclic) bond motifs is 1. The lowest BCUT2D eigenvalue weighted by Crippen LogP contribution is -2.07. The molecule has 1 aliphatic rings. The Morgan fingerprint density at radius 1 is 1.09 bits per heavy atom. The van der Waals surface area contributed by atoms with Gasteiger partial charge in [-0.05, 0) is 24.6 Å². The molecule has 5 heteroatoms. The minimum absolute atomic E-state index is 0.152. The molecule has 2 nitrogen and oxygen atoms in total. The monoisotopic (exact) mass is 317 g/mol. The second kappa shape index (κ2) is 5.65. The number of benzene rings is 2. The second-order valence-corrected chi connectivity index (χ2v) is 5.52. The molecule has 0 saturated heterocycles. The van der Waals surface area contributed by atoms with E-state index in [1.807, 2.05) is 31.2 Å². The first-order valence-corrected chi connectivity index (χ1v) is 7.20. The van der Waals surface area contributed by atoms with Gasteiger partial charge in [-0.3, -0.25) is 9.79 Å². The normalized spacial score (nSPS) is 16.9. The van der Waals surface area contributed by atoms with Gasteiger partial charge in [0.2, 0.25) is 0 Å². The van der Waals surface area contributed by atoms with Gasteiger partial charge in [-0.2, -0.15) is 13.2 Å². The van der Waals surface area contributed by atoms with Gasteiger partial charge in [-0.15, -0.1) is 0 Å². The highest BCUT2D eigenvalue weighted by Gasteiger charge is 2.30. The summed E-state index contributed by atoms with van der Waals surface area (Å²) >= 11 is 0. The first kappa shape index (κ1) is 15.5. The van der Waals surface area contributed by atoms with Gasteiger partial charge in [0.1, 0.15) is 0 Å². The lowest BCUT2D eigenvalue weighted by Gasteiger charge is -2.10. The number of rotatable bonds is 3. The summed E-state index contributed by atoms with van der Waals surface area (Å²) in [4.78, 5) is 16.8. The van der Waals surface area contributed by atoms with Gasteiger partial charge in [0.05, 0.1) is 11.6 Å². The van der Waals surface area contributed by atoms with Crippen molar-refractivity contribution in [2.75, 3.05) is 0 Å². The highest BCUT2D eigenvalue weighted by atomic mass is 19.4. The number of alkyl halides is 3. The zero-order valence-electron chi connectivity index (χ0n) is 12.4. The van der Waals surface area contributed by atoms with Crippen LogP contribution in [0.1, 0.15) is 46.4 Å². The molecule has 0 bridgehead atoms. The lowest BCUT2D eigenvalue weighted by molar-refractivity contribution is -0.137. The summed E-state index contributed by atoms with van der Waals surface area (Å²) in [6.07, 6.45) is -4.24. The van der Waals surface area contributed by atoms with Crippen LogP contribution in [0.2, 0.25) is 0 Å². The molecule has 0 fully saturated rings. The zero-order chi connectivity index (χ0) is 16.6. The maximum atomic E-state index is 12.6. The number of carbonyl (C=O) groups excluding carboxylic acids is 1. The highest BCUT2D eigenvalue weighted by Crippen LogP contribution is 2.33. The number of nitrogens with zero attached hydrogens (tertiary/aromatic N) is 1. The zero-order valence-corrected chi connectivity index (χ0v) is 12.4. The van der Waals surface area contributed by atoms with Crippen LogP contribution in [0, 0.1) is 0 Å². The van der Waals surface area contributed by atoms with Crippen molar-refractivity contribution in [3.8, 4) is 0 Å². The van der Waals surface area contributed by atoms with Crippen LogP contribution in [0.5, 0.6) is 0 Å². The first-order valence-electron chi connectivity index (χ1n) is 7.20. The van der Waals surface area contributed by atoms with Crippen molar-refractivity contribution in [1.82, 2.24) is 0 Å². The van der Waals surface area contributed by atoms with E-state index in [1.165, 1.54) is 12.1 Å². The summed E-state index contributed by atoms with van der Waals surface area (Å²) in [6.45, 7) is 1.89. The van der Waals surface area contributed by atoms with Crippen molar-refractivity contribution >= 4 is 11.5 Å². The van der Waals surface area contributed by atoms with Crippen molar-refractivity contribution in [3.63, 3.8) is 0 Å². The summed E-state index contributed by atoms with van der Waals surface area (Å²) in [7, 11) is 0. The molecule has 2 aromatic carbocycles. The van der Waals surface area contributed by atoms with Crippen molar-refractivity contribution < 1.29 is 18.0 Å². The van der Waals surface area contributed by atoms with E-state index in [9.17, 15) is 18.0 Å². The van der Waals surface area contributed by atoms with Crippen LogP contribution in [-0.2, 0) is 6.18 Å². The molecule has 0 amide bonds. The Balaban J connectivity index is 1.78. The van der Waals surface area contributed by atoms with Gasteiger partial charge in [0, 0.05) is 23.3 Å². The van der Waals surface area contributed by atoms with E-state index in [2.05, 4.69) is 4.99 Å². The maximum absolute atomic E-state index is 12.6. The van der Waals surface area contributed by atoms with E-state index >= 15 is 0 Å². The van der Waals surface area contributed by atoms with Crippen LogP contribution in [0.15, 0.2) is 53.5 Å². The van der Waals surface area contributed by atoms with E-state index in [1.54, 1.807) is 0 Å². The molecule has 0 radical (unpaired) electrons. The largest absolute Gasteiger partial charge is 0.416 e. The van der Waals surface area contributed by atoms with Crippen LogP contribution in [0.25, 0.3) is 0 Å². The van der Waals surface area contributed by atoms with Crippen molar-refractivity contribution in [2.24, 2.45) is 4.99 Å². The molecule has 1 atom stereocenters. The quantitative estimate of drug-likeness (QED) is 0.745. The number of carbonyl (C=O) groups is 1. The van der Waals surface area contributed by atoms with Crippen molar-refractivity contribution in [3.05, 3.63) is 70.8 Å². The molecular formula is C18H14F3NO. The van der Waals surface area contributed by atoms with Crippen LogP contribution in [-0.4, -0.2) is 11.5 Å². The maximum Gasteiger partial charge on any atom is 0.416 e. The number of Topliss-reactive ketones (excluding diaryl/α,β-unsaturated/α-hetero) is 1. The van der Waals surface area contributed by atoms with Crippen LogP contribution >= 0.6 is 0 Å². The number of ketones is 1. The smallest absolute Gasteiger partial charge is 0.294 e. The molecule has 0 aliphatic carbocycles. The Bertz CT molecular complexity index is 776. The van der Waals surface area contributed by atoms with Gasteiger partial charge in [-0.1, -0.05) is 36.4 Å². The predicted octanol–water partition coefficient (Wildman–Crippen LogP) is 4.84. The summed E-state index contributed by atoms with van der Waals surface area (Å²) < 4.78 is 37.7. The first-order chi connectivity index (χ1) is 10.9. The van der Waals surface area contributed by atoms with E-state index in [-0.39, 0.29) is 23.8 Å². The molecule has 2 aromatic rings. The topological polar surface area (TPSA) is 29.4 Å². The third kappa shape index (κ3) is 3.04. The third-order valence-electron chi connectivity index (χ3n) is 3.97. The van der Waals surface area contributed by atoms with Gasteiger partial charge in [0.15, 0.2) is 5.78 Å². The SMILES string of the molecule is CC1=NC(CC(=O)c2ccc(C(F)(F)F)cc2)c2ccccc21. The fraction of sp³-hybridized carbons (Fsp3) is 0.222. The number of halogens is 3. The summed E-state index contributed by atoms with van der Waals surface area (Å²) in [5, 5.41) is 0. The highest BCUT2D eigenvalue weighted by molar-refractivity contribution is 6.04. The summed E-state index contributed by atoms with van der Waals surface area (Å²) in [6, 6.07) is 11.7.